The van der Waals surface area contributed by atoms with Gasteiger partial charge in [0, 0.05) is 13.2 Å². The summed E-state index contributed by atoms with van der Waals surface area (Å²) >= 11 is 1.25. The standard InChI is InChI=1S/C13H15N3O3S/c1-7-6-20-11(13(18)19-4)10(7)14-12(17)9-5-16(3)15-8(9)2/h5-6H,1-4H3,(H,14,17). The lowest BCUT2D eigenvalue weighted by molar-refractivity contribution is 0.0607. The van der Waals surface area contributed by atoms with Crippen LogP contribution in [0, 0.1) is 13.8 Å². The van der Waals surface area contributed by atoms with E-state index in [2.05, 4.69) is 10.4 Å². The molecule has 2 aromatic heterocycles. The second-order valence-electron chi connectivity index (χ2n) is 4.37. The zero-order valence-electron chi connectivity index (χ0n) is 11.7. The summed E-state index contributed by atoms with van der Waals surface area (Å²) in [4.78, 5) is 24.3. The van der Waals surface area contributed by atoms with E-state index in [9.17, 15) is 9.59 Å². The van der Waals surface area contributed by atoms with Crippen molar-refractivity contribution in [2.75, 3.05) is 12.4 Å². The molecule has 0 aliphatic heterocycles. The number of rotatable bonds is 3. The Bertz CT molecular complexity index is 672. The van der Waals surface area contributed by atoms with Crippen molar-refractivity contribution in [1.82, 2.24) is 9.78 Å². The van der Waals surface area contributed by atoms with E-state index < -0.39 is 5.97 Å². The Kier molecular flexibility index (Phi) is 3.89. The van der Waals surface area contributed by atoms with E-state index in [4.69, 9.17) is 4.74 Å². The lowest BCUT2D eigenvalue weighted by atomic mass is 10.2. The van der Waals surface area contributed by atoms with Gasteiger partial charge >= 0.3 is 5.97 Å². The molecule has 0 radical (unpaired) electrons. The number of nitrogens with zero attached hydrogens (tertiary/aromatic N) is 2. The van der Waals surface area contributed by atoms with Crippen LogP contribution in [-0.2, 0) is 11.8 Å². The third-order valence-electron chi connectivity index (χ3n) is 2.84. The zero-order valence-corrected chi connectivity index (χ0v) is 12.5. The van der Waals surface area contributed by atoms with E-state index >= 15 is 0 Å². The van der Waals surface area contributed by atoms with Crippen LogP contribution in [0.3, 0.4) is 0 Å². The number of carbonyl (C=O) groups is 2. The van der Waals surface area contributed by atoms with Crippen LogP contribution in [0.5, 0.6) is 0 Å². The van der Waals surface area contributed by atoms with Crippen molar-refractivity contribution in [2.45, 2.75) is 13.8 Å². The summed E-state index contributed by atoms with van der Waals surface area (Å²) in [7, 11) is 3.06. The molecule has 7 heteroatoms. The molecule has 1 amide bonds. The lowest BCUT2D eigenvalue weighted by Crippen LogP contribution is -2.15. The fourth-order valence-corrected chi connectivity index (χ4v) is 2.77. The maximum atomic E-state index is 12.2. The van der Waals surface area contributed by atoms with Crippen LogP contribution in [-0.4, -0.2) is 28.8 Å². The van der Waals surface area contributed by atoms with Gasteiger partial charge in [0.05, 0.1) is 24.1 Å². The molecule has 1 N–H and O–H groups in total. The Morgan fingerprint density at radius 1 is 1.40 bits per heavy atom. The van der Waals surface area contributed by atoms with Gasteiger partial charge in [0.25, 0.3) is 5.91 Å². The van der Waals surface area contributed by atoms with Crippen LogP contribution >= 0.6 is 11.3 Å². The van der Waals surface area contributed by atoms with Crippen molar-refractivity contribution in [3.05, 3.63) is 33.3 Å². The summed E-state index contributed by atoms with van der Waals surface area (Å²) in [5.74, 6) is -0.747. The lowest BCUT2D eigenvalue weighted by Gasteiger charge is -2.06. The second kappa shape index (κ2) is 5.46. The van der Waals surface area contributed by atoms with E-state index in [1.165, 1.54) is 18.4 Å². The van der Waals surface area contributed by atoms with Crippen LogP contribution in [0.1, 0.15) is 31.3 Å². The van der Waals surface area contributed by atoms with Crippen LogP contribution in [0.2, 0.25) is 0 Å². The number of amides is 1. The van der Waals surface area contributed by atoms with Crippen molar-refractivity contribution in [3.8, 4) is 0 Å². The van der Waals surface area contributed by atoms with Crippen molar-refractivity contribution < 1.29 is 14.3 Å². The van der Waals surface area contributed by atoms with Gasteiger partial charge in [-0.3, -0.25) is 9.48 Å². The smallest absolute Gasteiger partial charge is 0.350 e. The number of anilines is 1. The monoisotopic (exact) mass is 293 g/mol. The van der Waals surface area contributed by atoms with E-state index in [1.807, 2.05) is 6.92 Å². The number of esters is 1. The second-order valence-corrected chi connectivity index (χ2v) is 5.25. The van der Waals surface area contributed by atoms with Crippen molar-refractivity contribution in [3.63, 3.8) is 0 Å². The van der Waals surface area contributed by atoms with Crippen LogP contribution in [0.15, 0.2) is 11.6 Å². The van der Waals surface area contributed by atoms with Gasteiger partial charge in [-0.25, -0.2) is 4.79 Å². The molecule has 0 aliphatic rings. The molecule has 106 valence electrons. The summed E-state index contributed by atoms with van der Waals surface area (Å²) < 4.78 is 6.28. The largest absolute Gasteiger partial charge is 0.465 e. The maximum absolute atomic E-state index is 12.2. The number of aromatic nitrogens is 2. The number of methoxy groups -OCH3 is 1. The third kappa shape index (κ3) is 2.57. The number of hydrogen-bond acceptors (Lipinski definition) is 5. The first-order valence-electron chi connectivity index (χ1n) is 5.92. The zero-order chi connectivity index (χ0) is 14.9. The predicted octanol–water partition coefficient (Wildman–Crippen LogP) is 2.14. The van der Waals surface area contributed by atoms with Gasteiger partial charge in [0.15, 0.2) is 0 Å². The summed E-state index contributed by atoms with van der Waals surface area (Å²) in [5, 5.41) is 8.69. The molecule has 0 atom stereocenters. The Morgan fingerprint density at radius 2 is 2.10 bits per heavy atom. The molecule has 0 unspecified atom stereocenters. The highest BCUT2D eigenvalue weighted by atomic mass is 32.1. The van der Waals surface area contributed by atoms with E-state index in [0.29, 0.717) is 21.8 Å². The van der Waals surface area contributed by atoms with Crippen molar-refractivity contribution in [2.24, 2.45) is 7.05 Å². The molecular formula is C13H15N3O3S. The average molecular weight is 293 g/mol. The molecule has 6 nitrogen and oxygen atoms in total. The van der Waals surface area contributed by atoms with Crippen LogP contribution in [0.25, 0.3) is 0 Å². The van der Waals surface area contributed by atoms with Crippen molar-refractivity contribution in [1.29, 1.82) is 0 Å². The molecule has 0 saturated carbocycles. The first-order valence-corrected chi connectivity index (χ1v) is 6.80. The molecule has 2 aromatic rings. The van der Waals surface area contributed by atoms with Gasteiger partial charge in [0.1, 0.15) is 4.88 Å². The normalized spacial score (nSPS) is 10.4. The van der Waals surface area contributed by atoms with Gasteiger partial charge in [-0.05, 0) is 24.8 Å². The minimum absolute atomic E-state index is 0.290. The minimum atomic E-state index is -0.457. The Labute approximate surface area is 120 Å². The molecule has 0 spiro atoms. The fourth-order valence-electron chi connectivity index (χ4n) is 1.85. The predicted molar refractivity (Wildman–Crippen MR) is 76.3 cm³/mol. The molecule has 0 aromatic carbocycles. The number of carbonyl (C=O) groups excluding carboxylic acids is 2. The first-order chi connectivity index (χ1) is 9.43. The molecule has 20 heavy (non-hydrogen) atoms. The molecule has 0 aliphatic carbocycles. The Balaban J connectivity index is 2.30. The number of hydrogen-bond donors (Lipinski definition) is 1. The average Bonchev–Trinajstić information content (AvgIpc) is 2.92. The summed E-state index contributed by atoms with van der Waals surface area (Å²) in [6, 6.07) is 0. The topological polar surface area (TPSA) is 73.2 Å². The molecule has 0 saturated heterocycles. The molecule has 2 rings (SSSR count). The van der Waals surface area contributed by atoms with Crippen molar-refractivity contribution >= 4 is 28.9 Å². The highest BCUT2D eigenvalue weighted by Crippen LogP contribution is 2.28. The van der Waals surface area contributed by atoms with Gasteiger partial charge in [-0.15, -0.1) is 11.3 Å². The third-order valence-corrected chi connectivity index (χ3v) is 3.92. The number of thiophene rings is 1. The summed E-state index contributed by atoms with van der Waals surface area (Å²) in [6.07, 6.45) is 1.64. The van der Waals surface area contributed by atoms with Gasteiger partial charge in [0.2, 0.25) is 0 Å². The highest BCUT2D eigenvalue weighted by molar-refractivity contribution is 7.12. The number of ether oxygens (including phenoxy) is 1. The minimum Gasteiger partial charge on any atom is -0.465 e. The van der Waals surface area contributed by atoms with Gasteiger partial charge < -0.3 is 10.1 Å². The summed E-state index contributed by atoms with van der Waals surface area (Å²) in [5.41, 5.74) is 2.44. The fraction of sp³-hybridized carbons (Fsp3) is 0.308. The molecular weight excluding hydrogens is 278 g/mol. The van der Waals surface area contributed by atoms with Gasteiger partial charge in [-0.1, -0.05) is 0 Å². The number of nitrogens with one attached hydrogen (secondary N) is 1. The molecule has 0 bridgehead atoms. The van der Waals surface area contributed by atoms with E-state index in [0.717, 1.165) is 5.56 Å². The maximum Gasteiger partial charge on any atom is 0.350 e. The quantitative estimate of drug-likeness (QED) is 0.880. The molecule has 0 fully saturated rings. The SMILES string of the molecule is COC(=O)c1scc(C)c1NC(=O)c1cn(C)nc1C. The van der Waals surface area contributed by atoms with Crippen LogP contribution < -0.4 is 5.32 Å². The van der Waals surface area contributed by atoms with E-state index in [-0.39, 0.29) is 5.91 Å². The Morgan fingerprint density at radius 3 is 2.65 bits per heavy atom. The Hall–Kier alpha value is -2.15. The number of aryl methyl sites for hydroxylation is 3. The highest BCUT2D eigenvalue weighted by Gasteiger charge is 2.20. The summed E-state index contributed by atoms with van der Waals surface area (Å²) in [6.45, 7) is 3.59. The molecule has 2 heterocycles. The first kappa shape index (κ1) is 14.3. The van der Waals surface area contributed by atoms with E-state index in [1.54, 1.807) is 30.2 Å². The van der Waals surface area contributed by atoms with Gasteiger partial charge in [-0.2, -0.15) is 5.10 Å². The van der Waals surface area contributed by atoms with Crippen LogP contribution in [0.4, 0.5) is 5.69 Å².